The largest absolute Gasteiger partial charge is 0.497 e. The van der Waals surface area contributed by atoms with Crippen molar-refractivity contribution in [1.82, 2.24) is 9.97 Å². The van der Waals surface area contributed by atoms with E-state index < -0.39 is 0 Å². The Morgan fingerprint density at radius 2 is 2.00 bits per heavy atom. The monoisotopic (exact) mass is 380 g/mol. The number of imidazole rings is 1. The number of rotatable bonds is 2. The Kier molecular flexibility index (Phi) is 3.33. The fourth-order valence-corrected chi connectivity index (χ4v) is 3.26. The van der Waals surface area contributed by atoms with Gasteiger partial charge in [-0.05, 0) is 40.2 Å². The zero-order valence-electron chi connectivity index (χ0n) is 10.1. The molecule has 0 spiro atoms. The number of methoxy groups -OCH3 is 1. The van der Waals surface area contributed by atoms with Crippen LogP contribution in [0.15, 0.2) is 45.3 Å². The minimum Gasteiger partial charge on any atom is -0.497 e. The van der Waals surface area contributed by atoms with Gasteiger partial charge in [0.25, 0.3) is 0 Å². The second-order valence-electron chi connectivity index (χ2n) is 4.10. The summed E-state index contributed by atoms with van der Waals surface area (Å²) >= 11 is 7.00. The van der Waals surface area contributed by atoms with Gasteiger partial charge in [0.2, 0.25) is 0 Å². The first-order valence-corrected chi connectivity index (χ1v) is 7.25. The predicted octanol–water partition coefficient (Wildman–Crippen LogP) is 4.76. The van der Waals surface area contributed by atoms with Crippen molar-refractivity contribution in [2.75, 3.05) is 7.11 Å². The molecule has 3 nitrogen and oxygen atoms in total. The maximum absolute atomic E-state index is 5.23. The molecule has 0 bridgehead atoms. The number of ether oxygens (including phenoxy) is 1. The molecule has 0 atom stereocenters. The molecule has 1 heterocycles. The van der Waals surface area contributed by atoms with Crippen LogP contribution in [0.3, 0.4) is 0 Å². The highest BCUT2D eigenvalue weighted by molar-refractivity contribution is 9.11. The molecule has 19 heavy (non-hydrogen) atoms. The number of H-pyrrole nitrogens is 1. The second kappa shape index (κ2) is 4.98. The summed E-state index contributed by atoms with van der Waals surface area (Å²) in [6.07, 6.45) is 0. The summed E-state index contributed by atoms with van der Waals surface area (Å²) in [6, 6.07) is 11.8. The van der Waals surface area contributed by atoms with Crippen molar-refractivity contribution in [2.24, 2.45) is 0 Å². The third-order valence-corrected chi connectivity index (χ3v) is 3.91. The lowest BCUT2D eigenvalue weighted by Gasteiger charge is -2.01. The summed E-state index contributed by atoms with van der Waals surface area (Å²) in [6.45, 7) is 0. The lowest BCUT2D eigenvalue weighted by Crippen LogP contribution is -1.84. The molecule has 0 fully saturated rings. The number of halogens is 2. The molecular weight excluding hydrogens is 372 g/mol. The molecule has 96 valence electrons. The van der Waals surface area contributed by atoms with Crippen LogP contribution in [-0.4, -0.2) is 17.1 Å². The van der Waals surface area contributed by atoms with Gasteiger partial charge in [0.15, 0.2) is 0 Å². The van der Waals surface area contributed by atoms with Gasteiger partial charge in [-0.3, -0.25) is 0 Å². The Morgan fingerprint density at radius 3 is 2.79 bits per heavy atom. The van der Waals surface area contributed by atoms with Crippen LogP contribution in [0.2, 0.25) is 0 Å². The van der Waals surface area contributed by atoms with Crippen molar-refractivity contribution in [1.29, 1.82) is 0 Å². The van der Waals surface area contributed by atoms with Crippen molar-refractivity contribution < 1.29 is 4.74 Å². The second-order valence-corrected chi connectivity index (χ2v) is 5.87. The van der Waals surface area contributed by atoms with E-state index in [-0.39, 0.29) is 0 Å². The van der Waals surface area contributed by atoms with Gasteiger partial charge in [-0.15, -0.1) is 0 Å². The Hall–Kier alpha value is -1.33. The molecule has 2 aromatic carbocycles. The molecule has 1 N–H and O–H groups in total. The van der Waals surface area contributed by atoms with Crippen LogP contribution in [0.25, 0.3) is 22.4 Å². The third-order valence-electron chi connectivity index (χ3n) is 2.85. The maximum atomic E-state index is 5.23. The average Bonchev–Trinajstić information content (AvgIpc) is 2.83. The lowest BCUT2D eigenvalue weighted by atomic mass is 10.2. The van der Waals surface area contributed by atoms with E-state index in [9.17, 15) is 0 Å². The number of nitrogens with zero attached hydrogens (tertiary/aromatic N) is 1. The first-order valence-electron chi connectivity index (χ1n) is 5.66. The van der Waals surface area contributed by atoms with Gasteiger partial charge in [-0.1, -0.05) is 28.1 Å². The summed E-state index contributed by atoms with van der Waals surface area (Å²) < 4.78 is 7.20. The van der Waals surface area contributed by atoms with Crippen LogP contribution in [0.4, 0.5) is 0 Å². The van der Waals surface area contributed by atoms with Crippen molar-refractivity contribution in [3.63, 3.8) is 0 Å². The van der Waals surface area contributed by atoms with Crippen molar-refractivity contribution in [2.45, 2.75) is 0 Å². The summed E-state index contributed by atoms with van der Waals surface area (Å²) in [5, 5.41) is 0. The highest BCUT2D eigenvalue weighted by atomic mass is 79.9. The topological polar surface area (TPSA) is 37.9 Å². The molecule has 0 saturated carbocycles. The molecule has 1 aromatic heterocycles. The minimum atomic E-state index is 0.818. The maximum Gasteiger partial charge on any atom is 0.138 e. The fourth-order valence-electron chi connectivity index (χ4n) is 1.95. The molecule has 0 amide bonds. The van der Waals surface area contributed by atoms with E-state index in [0.717, 1.165) is 37.1 Å². The van der Waals surface area contributed by atoms with Gasteiger partial charge in [0.1, 0.15) is 17.1 Å². The fraction of sp³-hybridized carbons (Fsp3) is 0.0714. The number of nitrogens with one attached hydrogen (secondary N) is 1. The minimum absolute atomic E-state index is 0.818. The molecule has 0 aliphatic carbocycles. The smallest absolute Gasteiger partial charge is 0.138 e. The first kappa shape index (κ1) is 12.7. The summed E-state index contributed by atoms with van der Waals surface area (Å²) in [4.78, 5) is 7.94. The number of aromatic nitrogens is 2. The molecule has 0 aliphatic rings. The van der Waals surface area contributed by atoms with Gasteiger partial charge < -0.3 is 9.72 Å². The molecule has 5 heteroatoms. The molecule has 0 saturated heterocycles. The standard InChI is InChI=1S/C14H10Br2N2O/c1-19-10-4-2-3-8(5-10)14-17-12-7-9(15)6-11(16)13(12)18-14/h2-7H,1H3,(H,17,18). The number of fused-ring (bicyclic) bond motifs is 1. The van der Waals surface area contributed by atoms with Gasteiger partial charge in [-0.25, -0.2) is 4.98 Å². The Morgan fingerprint density at radius 1 is 1.16 bits per heavy atom. The molecular formula is C14H10Br2N2O. The number of benzene rings is 2. The van der Waals surface area contributed by atoms with Crippen LogP contribution in [0, 0.1) is 0 Å². The highest BCUT2D eigenvalue weighted by Crippen LogP contribution is 2.30. The SMILES string of the molecule is COc1cccc(-c2nc3c(Br)cc(Br)cc3[nH]2)c1. The molecule has 0 aliphatic heterocycles. The molecule has 3 rings (SSSR count). The van der Waals surface area contributed by atoms with E-state index in [1.165, 1.54) is 0 Å². The average molecular weight is 382 g/mol. The normalized spacial score (nSPS) is 10.9. The Balaban J connectivity index is 2.17. The van der Waals surface area contributed by atoms with Gasteiger partial charge >= 0.3 is 0 Å². The molecule has 0 radical (unpaired) electrons. The zero-order chi connectivity index (χ0) is 13.4. The van der Waals surface area contributed by atoms with Crippen LogP contribution >= 0.6 is 31.9 Å². The highest BCUT2D eigenvalue weighted by Gasteiger charge is 2.09. The Labute approximate surface area is 127 Å². The van der Waals surface area contributed by atoms with E-state index in [1.54, 1.807) is 7.11 Å². The van der Waals surface area contributed by atoms with Crippen LogP contribution in [-0.2, 0) is 0 Å². The zero-order valence-corrected chi connectivity index (χ0v) is 13.2. The number of hydrogen-bond acceptors (Lipinski definition) is 2. The molecule has 3 aromatic rings. The van der Waals surface area contributed by atoms with Gasteiger partial charge in [0, 0.05) is 14.5 Å². The van der Waals surface area contributed by atoms with E-state index in [4.69, 9.17) is 4.74 Å². The Bertz CT molecular complexity index is 752. The molecule has 0 unspecified atom stereocenters. The van der Waals surface area contributed by atoms with Crippen LogP contribution < -0.4 is 4.74 Å². The van der Waals surface area contributed by atoms with Crippen molar-refractivity contribution in [3.05, 3.63) is 45.3 Å². The van der Waals surface area contributed by atoms with Crippen LogP contribution in [0.5, 0.6) is 5.75 Å². The summed E-state index contributed by atoms with van der Waals surface area (Å²) in [5.41, 5.74) is 2.90. The van der Waals surface area contributed by atoms with Gasteiger partial charge in [0.05, 0.1) is 12.6 Å². The third kappa shape index (κ3) is 2.40. The summed E-state index contributed by atoms with van der Waals surface area (Å²) in [5.74, 6) is 1.64. The van der Waals surface area contributed by atoms with E-state index in [1.807, 2.05) is 36.4 Å². The van der Waals surface area contributed by atoms with E-state index in [2.05, 4.69) is 41.8 Å². The van der Waals surface area contributed by atoms with Gasteiger partial charge in [-0.2, -0.15) is 0 Å². The first-order chi connectivity index (χ1) is 9.17. The van der Waals surface area contributed by atoms with E-state index >= 15 is 0 Å². The van der Waals surface area contributed by atoms with E-state index in [0.29, 0.717) is 0 Å². The predicted molar refractivity (Wildman–Crippen MR) is 83.5 cm³/mol. The summed E-state index contributed by atoms with van der Waals surface area (Å²) in [7, 11) is 1.66. The quantitative estimate of drug-likeness (QED) is 0.694. The lowest BCUT2D eigenvalue weighted by molar-refractivity contribution is 0.415. The number of hydrogen-bond donors (Lipinski definition) is 1. The number of aromatic amines is 1. The van der Waals surface area contributed by atoms with Crippen molar-refractivity contribution >= 4 is 42.9 Å². The van der Waals surface area contributed by atoms with Crippen LogP contribution in [0.1, 0.15) is 0 Å². The van der Waals surface area contributed by atoms with Crippen molar-refractivity contribution in [3.8, 4) is 17.1 Å².